The first kappa shape index (κ1) is 21.7. The average Bonchev–Trinajstić information content (AvgIpc) is 2.62. The van der Waals surface area contributed by atoms with Gasteiger partial charge >= 0.3 is 12.0 Å². The van der Waals surface area contributed by atoms with Gasteiger partial charge in [-0.1, -0.05) is 12.1 Å². The van der Waals surface area contributed by atoms with Crippen molar-refractivity contribution in [2.45, 2.75) is 32.5 Å². The minimum atomic E-state index is -0.609. The molecule has 0 radical (unpaired) electrons. The van der Waals surface area contributed by atoms with Gasteiger partial charge in [-0.25, -0.2) is 4.79 Å². The second-order valence-corrected chi connectivity index (χ2v) is 5.67. The van der Waals surface area contributed by atoms with E-state index in [9.17, 15) is 19.2 Å². The number of urea groups is 1. The molecule has 1 aromatic rings. The number of carbonyl (C=O) groups is 4. The second kappa shape index (κ2) is 12.1. The average molecular weight is 379 g/mol. The maximum absolute atomic E-state index is 11.8. The molecule has 10 nitrogen and oxygen atoms in total. The number of amides is 4. The Labute approximate surface area is 157 Å². The number of anilines is 1. The fourth-order valence-electron chi connectivity index (χ4n) is 2.16. The Bertz CT molecular complexity index is 635. The van der Waals surface area contributed by atoms with Crippen LogP contribution < -0.4 is 27.0 Å². The minimum Gasteiger partial charge on any atom is -0.461 e. The summed E-state index contributed by atoms with van der Waals surface area (Å²) in [6.45, 7) is 1.77. The highest BCUT2D eigenvalue weighted by molar-refractivity contribution is 5.80. The van der Waals surface area contributed by atoms with E-state index in [-0.39, 0.29) is 25.0 Å². The lowest BCUT2D eigenvalue weighted by molar-refractivity contribution is -0.142. The molecular formula is C17H25N5O5. The standard InChI is InChI=1S/C17H25N5O5/c1-12(24)27-10-13-4-6-14(7-5-13)21-15(3-2-8-20-17(18)26)22-16(25)9-19-11-23/h4-7,11,15,21H,2-3,8-10H2,1H3,(H,19,23)(H,22,25)(H3,18,20,26). The zero-order chi connectivity index (χ0) is 20.1. The molecule has 0 saturated heterocycles. The largest absolute Gasteiger partial charge is 0.461 e. The van der Waals surface area contributed by atoms with E-state index in [0.717, 1.165) is 11.3 Å². The Balaban J connectivity index is 2.61. The highest BCUT2D eigenvalue weighted by atomic mass is 16.5. The molecule has 6 N–H and O–H groups in total. The van der Waals surface area contributed by atoms with Crippen molar-refractivity contribution in [2.75, 3.05) is 18.4 Å². The van der Waals surface area contributed by atoms with Gasteiger partial charge in [0.2, 0.25) is 12.3 Å². The van der Waals surface area contributed by atoms with Gasteiger partial charge in [0, 0.05) is 19.2 Å². The number of primary amides is 1. The van der Waals surface area contributed by atoms with Crippen LogP contribution in [0.1, 0.15) is 25.3 Å². The van der Waals surface area contributed by atoms with Gasteiger partial charge < -0.3 is 31.7 Å². The van der Waals surface area contributed by atoms with Gasteiger partial charge in [-0.2, -0.15) is 0 Å². The third-order valence-corrected chi connectivity index (χ3v) is 3.39. The first-order chi connectivity index (χ1) is 12.9. The number of hydrogen-bond donors (Lipinski definition) is 5. The lowest BCUT2D eigenvalue weighted by Crippen LogP contribution is -2.44. The molecule has 1 aromatic carbocycles. The minimum absolute atomic E-state index is 0.136. The summed E-state index contributed by atoms with van der Waals surface area (Å²) < 4.78 is 4.93. The Morgan fingerprint density at radius 3 is 2.52 bits per heavy atom. The SMILES string of the molecule is CC(=O)OCc1ccc(NC(CCCNC(N)=O)NC(=O)CNC=O)cc1. The van der Waals surface area contributed by atoms with Crippen molar-refractivity contribution in [1.82, 2.24) is 16.0 Å². The fraction of sp³-hybridized carbons (Fsp3) is 0.412. The molecule has 0 heterocycles. The van der Waals surface area contributed by atoms with Crippen molar-refractivity contribution < 1.29 is 23.9 Å². The van der Waals surface area contributed by atoms with Gasteiger partial charge in [0.1, 0.15) is 6.61 Å². The normalized spacial score (nSPS) is 11.0. The van der Waals surface area contributed by atoms with Gasteiger partial charge in [0.05, 0.1) is 12.7 Å². The van der Waals surface area contributed by atoms with E-state index in [1.807, 2.05) is 0 Å². The number of carbonyl (C=O) groups excluding carboxylic acids is 4. The van der Waals surface area contributed by atoms with Gasteiger partial charge in [-0.05, 0) is 30.5 Å². The summed E-state index contributed by atoms with van der Waals surface area (Å²) in [6.07, 6.45) is 1.12. The highest BCUT2D eigenvalue weighted by Crippen LogP contribution is 2.12. The van der Waals surface area contributed by atoms with E-state index in [0.29, 0.717) is 25.8 Å². The van der Waals surface area contributed by atoms with E-state index < -0.39 is 12.2 Å². The summed E-state index contributed by atoms with van der Waals surface area (Å²) in [5.41, 5.74) is 6.60. The molecule has 0 aliphatic carbocycles. The van der Waals surface area contributed by atoms with E-state index >= 15 is 0 Å². The quantitative estimate of drug-likeness (QED) is 0.147. The molecule has 1 unspecified atom stereocenters. The molecule has 0 aliphatic rings. The summed E-state index contributed by atoms with van der Waals surface area (Å²) >= 11 is 0. The van der Waals surface area contributed by atoms with Crippen molar-refractivity contribution in [3.8, 4) is 0 Å². The summed E-state index contributed by atoms with van der Waals surface area (Å²) in [5.74, 6) is -0.706. The molecule has 0 aliphatic heterocycles. The van der Waals surface area contributed by atoms with Crippen molar-refractivity contribution in [3.05, 3.63) is 29.8 Å². The summed E-state index contributed by atoms with van der Waals surface area (Å²) in [7, 11) is 0. The molecule has 1 atom stereocenters. The lowest BCUT2D eigenvalue weighted by atomic mass is 10.2. The number of hydrogen-bond acceptors (Lipinski definition) is 6. The van der Waals surface area contributed by atoms with Crippen LogP contribution in [0, 0.1) is 0 Å². The maximum Gasteiger partial charge on any atom is 0.312 e. The maximum atomic E-state index is 11.8. The van der Waals surface area contributed by atoms with Gasteiger partial charge in [-0.3, -0.25) is 14.4 Å². The van der Waals surface area contributed by atoms with Crippen LogP contribution in [0.15, 0.2) is 24.3 Å². The van der Waals surface area contributed by atoms with Gasteiger partial charge in [0.15, 0.2) is 0 Å². The van der Waals surface area contributed by atoms with Crippen molar-refractivity contribution in [1.29, 1.82) is 0 Å². The zero-order valence-corrected chi connectivity index (χ0v) is 15.1. The van der Waals surface area contributed by atoms with Crippen LogP contribution in [-0.2, 0) is 25.7 Å². The highest BCUT2D eigenvalue weighted by Gasteiger charge is 2.12. The van der Waals surface area contributed by atoms with Crippen molar-refractivity contribution in [3.63, 3.8) is 0 Å². The van der Waals surface area contributed by atoms with Crippen LogP contribution in [0.2, 0.25) is 0 Å². The predicted molar refractivity (Wildman–Crippen MR) is 98.4 cm³/mol. The third-order valence-electron chi connectivity index (χ3n) is 3.39. The first-order valence-electron chi connectivity index (χ1n) is 8.39. The number of rotatable bonds is 12. The molecule has 10 heteroatoms. The molecule has 0 saturated carbocycles. The smallest absolute Gasteiger partial charge is 0.312 e. The molecule has 27 heavy (non-hydrogen) atoms. The lowest BCUT2D eigenvalue weighted by Gasteiger charge is -2.21. The molecule has 1 rings (SSSR count). The van der Waals surface area contributed by atoms with Gasteiger partial charge in [-0.15, -0.1) is 0 Å². The monoisotopic (exact) mass is 379 g/mol. The predicted octanol–water partition coefficient (Wildman–Crippen LogP) is -0.202. The molecule has 0 fully saturated rings. The van der Waals surface area contributed by atoms with Crippen LogP contribution >= 0.6 is 0 Å². The summed E-state index contributed by atoms with van der Waals surface area (Å²) in [5, 5.41) is 10.7. The number of ether oxygens (including phenoxy) is 1. The number of nitrogens with two attached hydrogens (primary N) is 1. The molecular weight excluding hydrogens is 354 g/mol. The number of benzene rings is 1. The van der Waals surface area contributed by atoms with E-state index in [4.69, 9.17) is 10.5 Å². The molecule has 0 aromatic heterocycles. The fourth-order valence-corrected chi connectivity index (χ4v) is 2.16. The van der Waals surface area contributed by atoms with Gasteiger partial charge in [0.25, 0.3) is 0 Å². The Morgan fingerprint density at radius 2 is 1.93 bits per heavy atom. The topological polar surface area (TPSA) is 152 Å². The van der Waals surface area contributed by atoms with E-state index in [1.165, 1.54) is 6.92 Å². The van der Waals surface area contributed by atoms with Crippen molar-refractivity contribution in [2.24, 2.45) is 5.73 Å². The van der Waals surface area contributed by atoms with Crippen LogP contribution in [0.25, 0.3) is 0 Å². The molecule has 4 amide bonds. The molecule has 148 valence electrons. The Hall–Kier alpha value is -3.30. The summed E-state index contributed by atoms with van der Waals surface area (Å²) in [4.78, 5) is 43.7. The Morgan fingerprint density at radius 1 is 1.22 bits per heavy atom. The van der Waals surface area contributed by atoms with Crippen LogP contribution in [0.5, 0.6) is 0 Å². The van der Waals surface area contributed by atoms with Crippen LogP contribution in [0.3, 0.4) is 0 Å². The third kappa shape index (κ3) is 10.3. The summed E-state index contributed by atoms with van der Waals surface area (Å²) in [6, 6.07) is 6.58. The van der Waals surface area contributed by atoms with Crippen LogP contribution in [0.4, 0.5) is 10.5 Å². The second-order valence-electron chi connectivity index (χ2n) is 5.67. The Kier molecular flexibility index (Phi) is 9.76. The first-order valence-corrected chi connectivity index (χ1v) is 8.39. The zero-order valence-electron chi connectivity index (χ0n) is 15.1. The number of nitrogens with one attached hydrogen (secondary N) is 4. The number of esters is 1. The van der Waals surface area contributed by atoms with E-state index in [1.54, 1.807) is 24.3 Å². The molecule has 0 bridgehead atoms. The van der Waals surface area contributed by atoms with Crippen LogP contribution in [-0.4, -0.2) is 43.6 Å². The van der Waals surface area contributed by atoms with E-state index in [2.05, 4.69) is 21.3 Å². The van der Waals surface area contributed by atoms with Crippen molar-refractivity contribution >= 4 is 30.0 Å². The molecule has 0 spiro atoms.